The van der Waals surface area contributed by atoms with Crippen LogP contribution in [0.2, 0.25) is 0 Å². The zero-order valence-corrected chi connectivity index (χ0v) is 17.4. The van der Waals surface area contributed by atoms with Gasteiger partial charge in [0.2, 0.25) is 0 Å². The van der Waals surface area contributed by atoms with E-state index in [0.717, 1.165) is 23.6 Å². The molecule has 0 fully saturated rings. The van der Waals surface area contributed by atoms with E-state index in [1.807, 2.05) is 6.07 Å². The van der Waals surface area contributed by atoms with Crippen LogP contribution in [0.3, 0.4) is 0 Å². The summed E-state index contributed by atoms with van der Waals surface area (Å²) < 4.78 is 2.17. The Hall–Kier alpha value is -2.55. The highest BCUT2D eigenvalue weighted by atomic mass is 15.2. The predicted molar refractivity (Wildman–Crippen MR) is 117 cm³/mol. The van der Waals surface area contributed by atoms with E-state index in [1.165, 1.54) is 11.1 Å². The zero-order valence-electron chi connectivity index (χ0n) is 17.4. The van der Waals surface area contributed by atoms with Gasteiger partial charge in [-0.05, 0) is 55.9 Å². The molecule has 3 nitrogen and oxygen atoms in total. The molecule has 0 bridgehead atoms. The summed E-state index contributed by atoms with van der Waals surface area (Å²) in [5, 5.41) is 3.78. The number of rotatable bonds is 5. The van der Waals surface area contributed by atoms with Gasteiger partial charge in [0.05, 0.1) is 0 Å². The fourth-order valence-corrected chi connectivity index (χ4v) is 3.89. The summed E-state index contributed by atoms with van der Waals surface area (Å²) in [6.07, 6.45) is 7.38. The number of benzene rings is 1. The molecule has 0 saturated carbocycles. The fraction of sp³-hybridized carbons (Fsp3) is 0.375. The molecule has 1 aromatic carbocycles. The van der Waals surface area contributed by atoms with E-state index >= 15 is 0 Å². The smallest absolute Gasteiger partial charge is 0.142 e. The molecule has 3 rings (SSSR count). The van der Waals surface area contributed by atoms with Crippen LogP contribution in [0.5, 0.6) is 0 Å². The minimum absolute atomic E-state index is 0.0483. The molecule has 2 heterocycles. The summed E-state index contributed by atoms with van der Waals surface area (Å²) in [5.41, 5.74) is 4.51. The first-order valence-electron chi connectivity index (χ1n) is 9.64. The van der Waals surface area contributed by atoms with Crippen molar-refractivity contribution in [2.75, 3.05) is 5.32 Å². The number of anilines is 1. The maximum absolute atomic E-state index is 4.92. The van der Waals surface area contributed by atoms with Crippen molar-refractivity contribution in [1.82, 2.24) is 9.38 Å². The molecule has 142 valence electrons. The van der Waals surface area contributed by atoms with Crippen molar-refractivity contribution in [2.24, 2.45) is 5.41 Å². The third kappa shape index (κ3) is 4.79. The predicted octanol–water partition coefficient (Wildman–Crippen LogP) is 6.44. The SMILES string of the molecule is Cc1cccn2c(NC(C)(C)CC(C)(C)C)c(C=Cc3ccccc3)nc12. The van der Waals surface area contributed by atoms with Gasteiger partial charge >= 0.3 is 0 Å². The topological polar surface area (TPSA) is 29.3 Å². The van der Waals surface area contributed by atoms with E-state index in [1.54, 1.807) is 0 Å². The molecule has 0 radical (unpaired) electrons. The van der Waals surface area contributed by atoms with Crippen molar-refractivity contribution < 1.29 is 0 Å². The van der Waals surface area contributed by atoms with Gasteiger partial charge in [0, 0.05) is 11.7 Å². The number of nitrogens with one attached hydrogen (secondary N) is 1. The molecule has 0 saturated heterocycles. The Labute approximate surface area is 163 Å². The number of fused-ring (bicyclic) bond motifs is 1. The Kier molecular flexibility index (Phi) is 5.14. The summed E-state index contributed by atoms with van der Waals surface area (Å²) in [6, 6.07) is 14.5. The Bertz CT molecular complexity index is 941. The second-order valence-corrected chi connectivity index (χ2v) is 9.22. The van der Waals surface area contributed by atoms with Crippen LogP contribution in [0, 0.1) is 12.3 Å². The van der Waals surface area contributed by atoms with E-state index in [2.05, 4.69) is 106 Å². The molecule has 3 heteroatoms. The molecule has 0 amide bonds. The van der Waals surface area contributed by atoms with Crippen LogP contribution in [-0.2, 0) is 0 Å². The third-order valence-corrected chi connectivity index (χ3v) is 4.53. The van der Waals surface area contributed by atoms with Crippen LogP contribution in [0.1, 0.15) is 57.9 Å². The maximum atomic E-state index is 4.92. The van der Waals surface area contributed by atoms with Gasteiger partial charge in [-0.2, -0.15) is 0 Å². The molecule has 0 aliphatic rings. The Morgan fingerprint density at radius 2 is 1.67 bits per heavy atom. The van der Waals surface area contributed by atoms with E-state index in [-0.39, 0.29) is 11.0 Å². The van der Waals surface area contributed by atoms with Gasteiger partial charge in [0.25, 0.3) is 0 Å². The average molecular weight is 362 g/mol. The largest absolute Gasteiger partial charge is 0.364 e. The number of pyridine rings is 1. The molecule has 0 aliphatic heterocycles. The van der Waals surface area contributed by atoms with Crippen LogP contribution in [0.4, 0.5) is 5.82 Å². The molecule has 27 heavy (non-hydrogen) atoms. The van der Waals surface area contributed by atoms with Gasteiger partial charge in [-0.25, -0.2) is 4.98 Å². The lowest BCUT2D eigenvalue weighted by atomic mass is 9.82. The summed E-state index contributed by atoms with van der Waals surface area (Å²) in [7, 11) is 0. The van der Waals surface area contributed by atoms with Crippen LogP contribution >= 0.6 is 0 Å². The lowest BCUT2D eigenvalue weighted by Crippen LogP contribution is -2.36. The van der Waals surface area contributed by atoms with Gasteiger partial charge in [-0.15, -0.1) is 0 Å². The number of hydrogen-bond donors (Lipinski definition) is 1. The van der Waals surface area contributed by atoms with Crippen molar-refractivity contribution in [1.29, 1.82) is 0 Å². The van der Waals surface area contributed by atoms with Crippen LogP contribution in [0.15, 0.2) is 48.7 Å². The second-order valence-electron chi connectivity index (χ2n) is 9.22. The molecular formula is C24H31N3. The molecule has 0 aliphatic carbocycles. The van der Waals surface area contributed by atoms with Crippen molar-refractivity contribution in [3.05, 3.63) is 65.5 Å². The zero-order chi connectivity index (χ0) is 19.7. The standard InChI is InChI=1S/C24H31N3/c1-18-11-10-16-27-21(18)25-20(15-14-19-12-8-7-9-13-19)22(27)26-24(5,6)17-23(2,3)4/h7-16,26H,17H2,1-6H3. The van der Waals surface area contributed by atoms with Crippen molar-refractivity contribution in [3.8, 4) is 0 Å². The first-order chi connectivity index (χ1) is 12.6. The number of hydrogen-bond acceptors (Lipinski definition) is 2. The second kappa shape index (κ2) is 7.22. The average Bonchev–Trinajstić information content (AvgIpc) is 2.90. The lowest BCUT2D eigenvalue weighted by Gasteiger charge is -2.34. The first-order valence-corrected chi connectivity index (χ1v) is 9.64. The van der Waals surface area contributed by atoms with E-state index in [0.29, 0.717) is 0 Å². The number of nitrogens with zero attached hydrogens (tertiary/aromatic N) is 2. The Morgan fingerprint density at radius 3 is 2.33 bits per heavy atom. The maximum Gasteiger partial charge on any atom is 0.142 e. The quantitative estimate of drug-likeness (QED) is 0.566. The van der Waals surface area contributed by atoms with Crippen molar-refractivity contribution >= 4 is 23.6 Å². The normalized spacial score (nSPS) is 12.8. The molecule has 0 unspecified atom stereocenters. The van der Waals surface area contributed by atoms with E-state index < -0.39 is 0 Å². The van der Waals surface area contributed by atoms with Crippen LogP contribution < -0.4 is 5.32 Å². The first kappa shape index (κ1) is 19.2. The fourth-order valence-electron chi connectivity index (χ4n) is 3.89. The summed E-state index contributed by atoms with van der Waals surface area (Å²) >= 11 is 0. The molecule has 1 N–H and O–H groups in total. The lowest BCUT2D eigenvalue weighted by molar-refractivity contribution is 0.302. The van der Waals surface area contributed by atoms with Crippen LogP contribution in [0.25, 0.3) is 17.8 Å². The monoisotopic (exact) mass is 361 g/mol. The number of aryl methyl sites for hydroxylation is 1. The van der Waals surface area contributed by atoms with Crippen molar-refractivity contribution in [3.63, 3.8) is 0 Å². The molecule has 2 aromatic heterocycles. The Morgan fingerprint density at radius 1 is 0.963 bits per heavy atom. The highest BCUT2D eigenvalue weighted by molar-refractivity contribution is 5.76. The minimum atomic E-state index is -0.0483. The van der Waals surface area contributed by atoms with E-state index in [4.69, 9.17) is 4.98 Å². The number of aromatic nitrogens is 2. The number of imidazole rings is 1. The molecule has 3 aromatic rings. The summed E-state index contributed by atoms with van der Waals surface area (Å²) in [4.78, 5) is 4.92. The Balaban J connectivity index is 2.04. The molecule has 0 spiro atoms. The van der Waals surface area contributed by atoms with Gasteiger partial charge in [0.15, 0.2) is 0 Å². The van der Waals surface area contributed by atoms with Crippen molar-refractivity contribution in [2.45, 2.75) is 53.5 Å². The van der Waals surface area contributed by atoms with Crippen LogP contribution in [-0.4, -0.2) is 14.9 Å². The van der Waals surface area contributed by atoms with Gasteiger partial charge < -0.3 is 5.32 Å². The van der Waals surface area contributed by atoms with E-state index in [9.17, 15) is 0 Å². The molecule has 0 atom stereocenters. The van der Waals surface area contributed by atoms with Gasteiger partial charge in [0.1, 0.15) is 17.2 Å². The van der Waals surface area contributed by atoms with Gasteiger partial charge in [-0.3, -0.25) is 4.40 Å². The van der Waals surface area contributed by atoms with Gasteiger partial charge in [-0.1, -0.05) is 63.2 Å². The highest BCUT2D eigenvalue weighted by Gasteiger charge is 2.27. The molecular weight excluding hydrogens is 330 g/mol. The minimum Gasteiger partial charge on any atom is -0.364 e. The third-order valence-electron chi connectivity index (χ3n) is 4.53. The summed E-state index contributed by atoms with van der Waals surface area (Å²) in [5.74, 6) is 1.05. The summed E-state index contributed by atoms with van der Waals surface area (Å²) in [6.45, 7) is 13.5. The highest BCUT2D eigenvalue weighted by Crippen LogP contribution is 2.32.